The van der Waals surface area contributed by atoms with Crippen molar-refractivity contribution < 1.29 is 19.5 Å². The van der Waals surface area contributed by atoms with Gasteiger partial charge in [-0.2, -0.15) is 0 Å². The predicted octanol–water partition coefficient (Wildman–Crippen LogP) is 1.46. The van der Waals surface area contributed by atoms with Crippen molar-refractivity contribution in [1.82, 2.24) is 15.5 Å². The van der Waals surface area contributed by atoms with E-state index in [1.54, 1.807) is 4.90 Å². The number of amides is 3. The maximum absolute atomic E-state index is 13.8. The van der Waals surface area contributed by atoms with Crippen LogP contribution in [0.3, 0.4) is 0 Å². The van der Waals surface area contributed by atoms with E-state index in [9.17, 15) is 19.5 Å². The maximum Gasteiger partial charge on any atom is 0.243 e. The molecule has 178 valence electrons. The molecule has 2 saturated carbocycles. The van der Waals surface area contributed by atoms with Crippen molar-refractivity contribution in [1.29, 1.82) is 0 Å². The molecule has 3 N–H and O–H groups in total. The Labute approximate surface area is 200 Å². The van der Waals surface area contributed by atoms with Crippen LogP contribution in [-0.4, -0.2) is 58.3 Å². The van der Waals surface area contributed by atoms with Crippen molar-refractivity contribution in [2.45, 2.75) is 62.5 Å². The van der Waals surface area contributed by atoms with Gasteiger partial charge in [0.2, 0.25) is 17.7 Å². The molecule has 4 aliphatic rings. The minimum atomic E-state index is -1.09. The van der Waals surface area contributed by atoms with Crippen molar-refractivity contribution >= 4 is 30.4 Å². The quantitative estimate of drug-likeness (QED) is 0.357. The van der Waals surface area contributed by atoms with Crippen LogP contribution in [0.15, 0.2) is 30.3 Å². The van der Waals surface area contributed by atoms with Crippen LogP contribution in [0.5, 0.6) is 0 Å². The van der Waals surface area contributed by atoms with Gasteiger partial charge in [-0.1, -0.05) is 44.2 Å². The Balaban J connectivity index is 1.35. The summed E-state index contributed by atoms with van der Waals surface area (Å²) in [6.07, 6.45) is 2.60. The lowest BCUT2D eigenvalue weighted by molar-refractivity contribution is -0.142. The van der Waals surface area contributed by atoms with E-state index >= 15 is 0 Å². The van der Waals surface area contributed by atoms with Crippen LogP contribution in [-0.2, 0) is 19.8 Å². The monoisotopic (exact) mass is 471 g/mol. The lowest BCUT2D eigenvalue weighted by Gasteiger charge is -2.34. The molecular weight excluding hydrogens is 438 g/mol. The van der Waals surface area contributed by atoms with Crippen LogP contribution < -0.4 is 10.6 Å². The Morgan fingerprint density at radius 2 is 1.97 bits per heavy atom. The molecule has 1 aromatic carbocycles. The lowest BCUT2D eigenvalue weighted by atomic mass is 9.92. The molecule has 2 heterocycles. The first kappa shape index (κ1) is 22.7. The Bertz CT molecular complexity index is 962. The number of carbonyl (C=O) groups excluding carboxylic acids is 3. The highest BCUT2D eigenvalue weighted by Gasteiger charge is 2.71. The topological polar surface area (TPSA) is 98.7 Å². The fourth-order valence-corrected chi connectivity index (χ4v) is 6.47. The predicted molar refractivity (Wildman–Crippen MR) is 126 cm³/mol. The second-order valence-electron chi connectivity index (χ2n) is 10.8. The van der Waals surface area contributed by atoms with Gasteiger partial charge in [-0.25, -0.2) is 0 Å². The van der Waals surface area contributed by atoms with Gasteiger partial charge in [0.05, 0.1) is 11.5 Å². The number of benzene rings is 1. The van der Waals surface area contributed by atoms with Gasteiger partial charge in [0.1, 0.15) is 11.5 Å². The van der Waals surface area contributed by atoms with Crippen molar-refractivity contribution in [3.63, 3.8) is 0 Å². The summed E-state index contributed by atoms with van der Waals surface area (Å²) in [5, 5.41) is 16.0. The molecule has 5 rings (SSSR count). The SMILES string of the molecule is CC1(C)[C@@H]2[C@@H](C(=O)N[C@@H](C[C@@H]3CCNC3=O)[C@@H](O)S)N(C(=O)C3(c4ccccc4)CC3)C[C@@H]21. The van der Waals surface area contributed by atoms with E-state index in [2.05, 4.69) is 37.1 Å². The molecule has 0 aromatic heterocycles. The van der Waals surface area contributed by atoms with Gasteiger partial charge in [0.15, 0.2) is 0 Å². The van der Waals surface area contributed by atoms with E-state index in [1.807, 2.05) is 30.3 Å². The molecule has 8 heteroatoms. The number of carbonyl (C=O) groups is 3. The summed E-state index contributed by atoms with van der Waals surface area (Å²) in [6, 6.07) is 8.63. The number of aliphatic hydroxyl groups excluding tert-OH is 1. The van der Waals surface area contributed by atoms with Crippen molar-refractivity contribution in [3.05, 3.63) is 35.9 Å². The summed E-state index contributed by atoms with van der Waals surface area (Å²) in [4.78, 5) is 41.2. The summed E-state index contributed by atoms with van der Waals surface area (Å²) in [5.74, 6) is -0.125. The molecule has 1 aromatic rings. The van der Waals surface area contributed by atoms with Gasteiger partial charge in [-0.05, 0) is 48.5 Å². The molecule has 6 atom stereocenters. The summed E-state index contributed by atoms with van der Waals surface area (Å²) >= 11 is 4.17. The maximum atomic E-state index is 13.8. The van der Waals surface area contributed by atoms with Gasteiger partial charge in [-0.15, -0.1) is 12.6 Å². The van der Waals surface area contributed by atoms with Crippen molar-refractivity contribution in [3.8, 4) is 0 Å². The smallest absolute Gasteiger partial charge is 0.243 e. The van der Waals surface area contributed by atoms with Crippen LogP contribution in [0.4, 0.5) is 0 Å². The first-order chi connectivity index (χ1) is 15.7. The molecule has 0 bridgehead atoms. The number of hydrogen-bond acceptors (Lipinski definition) is 5. The molecule has 2 saturated heterocycles. The van der Waals surface area contributed by atoms with Gasteiger partial charge in [0, 0.05) is 19.0 Å². The number of nitrogens with zero attached hydrogens (tertiary/aromatic N) is 1. The molecule has 4 fully saturated rings. The third-order valence-corrected chi connectivity index (χ3v) is 8.97. The number of thiol groups is 1. The largest absolute Gasteiger partial charge is 0.381 e. The minimum absolute atomic E-state index is 0.00264. The summed E-state index contributed by atoms with van der Waals surface area (Å²) < 4.78 is 0. The van der Waals surface area contributed by atoms with Gasteiger partial charge in [-0.3, -0.25) is 14.4 Å². The first-order valence-electron chi connectivity index (χ1n) is 12.0. The molecule has 2 aliphatic carbocycles. The number of aliphatic hydroxyl groups is 1. The molecule has 3 amide bonds. The van der Waals surface area contributed by atoms with Crippen LogP contribution in [0.2, 0.25) is 0 Å². The zero-order chi connectivity index (χ0) is 23.5. The van der Waals surface area contributed by atoms with Gasteiger partial charge in [0.25, 0.3) is 0 Å². The normalized spacial score (nSPS) is 32.5. The Kier molecular flexibility index (Phi) is 5.52. The second-order valence-corrected chi connectivity index (χ2v) is 11.4. The highest BCUT2D eigenvalue weighted by molar-refractivity contribution is 7.80. The zero-order valence-electron chi connectivity index (χ0n) is 19.2. The van der Waals surface area contributed by atoms with E-state index in [-0.39, 0.29) is 35.0 Å². The zero-order valence-corrected chi connectivity index (χ0v) is 20.1. The van der Waals surface area contributed by atoms with Crippen LogP contribution in [0.1, 0.15) is 45.1 Å². The number of hydrogen-bond donors (Lipinski definition) is 4. The highest BCUT2D eigenvalue weighted by atomic mass is 32.1. The average Bonchev–Trinajstić information content (AvgIpc) is 3.55. The van der Waals surface area contributed by atoms with Crippen LogP contribution >= 0.6 is 12.6 Å². The van der Waals surface area contributed by atoms with E-state index < -0.39 is 22.9 Å². The third-order valence-electron chi connectivity index (χ3n) is 8.61. The Morgan fingerprint density at radius 1 is 1.27 bits per heavy atom. The third kappa shape index (κ3) is 3.75. The molecule has 33 heavy (non-hydrogen) atoms. The van der Waals surface area contributed by atoms with Crippen LogP contribution in [0.25, 0.3) is 0 Å². The molecule has 7 nitrogen and oxygen atoms in total. The van der Waals surface area contributed by atoms with Crippen molar-refractivity contribution in [2.75, 3.05) is 13.1 Å². The van der Waals surface area contributed by atoms with E-state index in [0.717, 1.165) is 18.4 Å². The molecule has 0 radical (unpaired) electrons. The van der Waals surface area contributed by atoms with Crippen LogP contribution in [0, 0.1) is 23.2 Å². The van der Waals surface area contributed by atoms with E-state index in [1.165, 1.54) is 0 Å². The first-order valence-corrected chi connectivity index (χ1v) is 12.5. The second kappa shape index (κ2) is 8.01. The number of likely N-dealkylation sites (tertiary alicyclic amines) is 1. The van der Waals surface area contributed by atoms with E-state index in [4.69, 9.17) is 0 Å². The molecular formula is C25H33N3O4S. The number of piperidine rings is 1. The fraction of sp³-hybridized carbons (Fsp3) is 0.640. The number of fused-ring (bicyclic) bond motifs is 1. The average molecular weight is 472 g/mol. The molecule has 2 aliphatic heterocycles. The standard InChI is InChI=1S/C25H33N3O4S/c1-24(2)16-13-28(23(32)25(9-10-25)15-6-4-3-5-7-15)19(18(16)24)21(30)27-17(22(31)33)12-14-8-11-26-20(14)29/h3-7,14,16-19,22,31,33H,8-13H2,1-2H3,(H,26,29)(H,27,30)/t14-,16-,17-,18-,19-,22-/m0/s1. The lowest BCUT2D eigenvalue weighted by Crippen LogP contribution is -2.55. The fourth-order valence-electron chi connectivity index (χ4n) is 6.28. The van der Waals surface area contributed by atoms with Gasteiger partial charge < -0.3 is 20.6 Å². The number of nitrogens with one attached hydrogen (secondary N) is 2. The van der Waals surface area contributed by atoms with Crippen molar-refractivity contribution in [2.24, 2.45) is 23.2 Å². The van der Waals surface area contributed by atoms with E-state index in [0.29, 0.717) is 31.8 Å². The Morgan fingerprint density at radius 3 is 2.55 bits per heavy atom. The molecule has 0 unspecified atom stereocenters. The summed E-state index contributed by atoms with van der Waals surface area (Å²) in [7, 11) is 0. The Hall–Kier alpha value is -2.06. The number of rotatable bonds is 7. The highest BCUT2D eigenvalue weighted by Crippen LogP contribution is 2.66. The summed E-state index contributed by atoms with van der Waals surface area (Å²) in [5.41, 5.74) is -0.590. The molecule has 0 spiro atoms. The summed E-state index contributed by atoms with van der Waals surface area (Å²) in [6.45, 7) is 5.50. The minimum Gasteiger partial charge on any atom is -0.381 e. The van der Waals surface area contributed by atoms with Gasteiger partial charge >= 0.3 is 0 Å².